The van der Waals surface area contributed by atoms with Crippen molar-refractivity contribution < 1.29 is 4.74 Å². The molecule has 20 heavy (non-hydrogen) atoms. The van der Waals surface area contributed by atoms with E-state index >= 15 is 0 Å². The average Bonchev–Trinajstić information content (AvgIpc) is 3.26. The van der Waals surface area contributed by atoms with Gasteiger partial charge < -0.3 is 10.1 Å². The molecule has 0 saturated heterocycles. The first kappa shape index (κ1) is 13.5. The van der Waals surface area contributed by atoms with Gasteiger partial charge >= 0.3 is 0 Å². The van der Waals surface area contributed by atoms with Gasteiger partial charge in [-0.05, 0) is 49.1 Å². The number of aryl methyl sites for hydroxylation is 1. The summed E-state index contributed by atoms with van der Waals surface area (Å²) in [6.45, 7) is 2.94. The zero-order valence-electron chi connectivity index (χ0n) is 11.5. The van der Waals surface area contributed by atoms with E-state index in [0.29, 0.717) is 16.8 Å². The second-order valence-electron chi connectivity index (χ2n) is 5.29. The smallest absolute Gasteiger partial charge is 0.146 e. The molecule has 1 aliphatic carbocycles. The average molecular weight is 288 g/mol. The third-order valence-corrected chi connectivity index (χ3v) is 3.79. The van der Waals surface area contributed by atoms with Crippen molar-refractivity contribution in [1.82, 2.24) is 5.32 Å². The molecule has 0 unspecified atom stereocenters. The van der Waals surface area contributed by atoms with E-state index in [1.807, 2.05) is 31.2 Å². The van der Waals surface area contributed by atoms with Crippen LogP contribution in [0.4, 0.5) is 0 Å². The van der Waals surface area contributed by atoms with Gasteiger partial charge in [0.1, 0.15) is 11.5 Å². The van der Waals surface area contributed by atoms with Crippen molar-refractivity contribution in [3.8, 4) is 11.5 Å². The zero-order valence-corrected chi connectivity index (χ0v) is 12.3. The van der Waals surface area contributed by atoms with E-state index in [0.717, 1.165) is 17.9 Å². The molecule has 3 rings (SSSR count). The number of ether oxygens (including phenoxy) is 1. The first-order valence-electron chi connectivity index (χ1n) is 6.97. The molecule has 104 valence electrons. The van der Waals surface area contributed by atoms with E-state index in [2.05, 4.69) is 23.5 Å². The van der Waals surface area contributed by atoms with Crippen LogP contribution in [-0.2, 0) is 6.54 Å². The van der Waals surface area contributed by atoms with Gasteiger partial charge in [0.05, 0.1) is 5.02 Å². The molecule has 1 saturated carbocycles. The molecular weight excluding hydrogens is 270 g/mol. The van der Waals surface area contributed by atoms with Crippen LogP contribution in [0.1, 0.15) is 24.0 Å². The lowest BCUT2D eigenvalue weighted by molar-refractivity contribution is 0.478. The zero-order chi connectivity index (χ0) is 13.9. The first-order chi connectivity index (χ1) is 9.72. The van der Waals surface area contributed by atoms with E-state index < -0.39 is 0 Å². The van der Waals surface area contributed by atoms with E-state index in [9.17, 15) is 0 Å². The molecule has 2 nitrogen and oxygen atoms in total. The SMILES string of the molecule is Cc1ccc(CNC2CC2)cc1Oc1ccccc1Cl. The molecule has 2 aromatic rings. The molecule has 0 amide bonds. The van der Waals surface area contributed by atoms with Crippen molar-refractivity contribution in [3.63, 3.8) is 0 Å². The summed E-state index contributed by atoms with van der Waals surface area (Å²) in [5.41, 5.74) is 2.35. The van der Waals surface area contributed by atoms with Crippen LogP contribution < -0.4 is 10.1 Å². The lowest BCUT2D eigenvalue weighted by Crippen LogP contribution is -2.15. The third kappa shape index (κ3) is 3.33. The van der Waals surface area contributed by atoms with Crippen molar-refractivity contribution >= 4 is 11.6 Å². The molecule has 1 aliphatic rings. The van der Waals surface area contributed by atoms with Gasteiger partial charge in [-0.25, -0.2) is 0 Å². The van der Waals surface area contributed by atoms with Crippen molar-refractivity contribution in [3.05, 3.63) is 58.6 Å². The molecular formula is C17H18ClNO. The van der Waals surface area contributed by atoms with Gasteiger partial charge in [-0.1, -0.05) is 35.9 Å². The maximum absolute atomic E-state index is 6.14. The molecule has 0 bridgehead atoms. The predicted octanol–water partition coefficient (Wildman–Crippen LogP) is 4.69. The number of hydrogen-bond acceptors (Lipinski definition) is 2. The van der Waals surface area contributed by atoms with Gasteiger partial charge in [0.25, 0.3) is 0 Å². The second kappa shape index (κ2) is 5.86. The molecule has 3 heteroatoms. The van der Waals surface area contributed by atoms with Gasteiger partial charge in [0.15, 0.2) is 0 Å². The molecule has 0 aromatic heterocycles. The lowest BCUT2D eigenvalue weighted by atomic mass is 10.1. The van der Waals surface area contributed by atoms with Gasteiger partial charge in [0.2, 0.25) is 0 Å². The van der Waals surface area contributed by atoms with Crippen molar-refractivity contribution in [2.45, 2.75) is 32.4 Å². The van der Waals surface area contributed by atoms with E-state index in [1.54, 1.807) is 0 Å². The number of nitrogens with one attached hydrogen (secondary N) is 1. The van der Waals surface area contributed by atoms with Crippen molar-refractivity contribution in [2.24, 2.45) is 0 Å². The summed E-state index contributed by atoms with van der Waals surface area (Å²) in [7, 11) is 0. The van der Waals surface area contributed by atoms with Crippen molar-refractivity contribution in [2.75, 3.05) is 0 Å². The summed E-state index contributed by atoms with van der Waals surface area (Å²) in [4.78, 5) is 0. The summed E-state index contributed by atoms with van der Waals surface area (Å²) in [6, 6.07) is 14.6. The van der Waals surface area contributed by atoms with Crippen LogP contribution in [0.15, 0.2) is 42.5 Å². The van der Waals surface area contributed by atoms with E-state index in [1.165, 1.54) is 18.4 Å². The van der Waals surface area contributed by atoms with Gasteiger partial charge in [0, 0.05) is 12.6 Å². The van der Waals surface area contributed by atoms with Crippen LogP contribution in [0.3, 0.4) is 0 Å². The van der Waals surface area contributed by atoms with Crippen LogP contribution in [0.25, 0.3) is 0 Å². The Morgan fingerprint density at radius 3 is 2.70 bits per heavy atom. The van der Waals surface area contributed by atoms with Crippen LogP contribution in [0.5, 0.6) is 11.5 Å². The third-order valence-electron chi connectivity index (χ3n) is 3.48. The first-order valence-corrected chi connectivity index (χ1v) is 7.35. The number of benzene rings is 2. The summed E-state index contributed by atoms with van der Waals surface area (Å²) < 4.78 is 5.94. The number of halogens is 1. The normalized spacial score (nSPS) is 14.3. The highest BCUT2D eigenvalue weighted by molar-refractivity contribution is 6.32. The maximum atomic E-state index is 6.14. The molecule has 0 atom stereocenters. The predicted molar refractivity (Wildman–Crippen MR) is 82.6 cm³/mol. The number of para-hydroxylation sites is 1. The highest BCUT2D eigenvalue weighted by atomic mass is 35.5. The number of hydrogen-bond donors (Lipinski definition) is 1. The molecule has 0 spiro atoms. The van der Waals surface area contributed by atoms with Gasteiger partial charge in [-0.3, -0.25) is 0 Å². The fraction of sp³-hybridized carbons (Fsp3) is 0.294. The second-order valence-corrected chi connectivity index (χ2v) is 5.69. The Labute approximate surface area is 124 Å². The Morgan fingerprint density at radius 2 is 1.95 bits per heavy atom. The summed E-state index contributed by atoms with van der Waals surface area (Å²) in [6.07, 6.45) is 2.60. The minimum Gasteiger partial charge on any atom is -0.456 e. The van der Waals surface area contributed by atoms with Crippen LogP contribution in [0.2, 0.25) is 5.02 Å². The Morgan fingerprint density at radius 1 is 1.15 bits per heavy atom. The minimum atomic E-state index is 0.633. The Kier molecular flexibility index (Phi) is 3.95. The molecule has 2 aromatic carbocycles. The summed E-state index contributed by atoms with van der Waals surface area (Å²) in [5.74, 6) is 1.57. The molecule has 1 N–H and O–H groups in total. The van der Waals surface area contributed by atoms with E-state index in [-0.39, 0.29) is 0 Å². The molecule has 0 heterocycles. The van der Waals surface area contributed by atoms with Crippen LogP contribution >= 0.6 is 11.6 Å². The minimum absolute atomic E-state index is 0.633. The van der Waals surface area contributed by atoms with Gasteiger partial charge in [-0.15, -0.1) is 0 Å². The van der Waals surface area contributed by atoms with Crippen LogP contribution in [0, 0.1) is 6.92 Å². The lowest BCUT2D eigenvalue weighted by Gasteiger charge is -2.12. The maximum Gasteiger partial charge on any atom is 0.146 e. The largest absolute Gasteiger partial charge is 0.456 e. The Hall–Kier alpha value is -1.51. The Balaban J connectivity index is 1.77. The highest BCUT2D eigenvalue weighted by Crippen LogP contribution is 2.31. The number of rotatable bonds is 5. The molecule has 0 aliphatic heterocycles. The van der Waals surface area contributed by atoms with Gasteiger partial charge in [-0.2, -0.15) is 0 Å². The van der Waals surface area contributed by atoms with E-state index in [4.69, 9.17) is 16.3 Å². The fourth-order valence-corrected chi connectivity index (χ4v) is 2.23. The van der Waals surface area contributed by atoms with Crippen LogP contribution in [-0.4, -0.2) is 6.04 Å². The topological polar surface area (TPSA) is 21.3 Å². The summed E-state index contributed by atoms with van der Waals surface area (Å²) >= 11 is 6.14. The standard InChI is InChI=1S/C17H18ClNO/c1-12-6-7-13(11-19-14-8-9-14)10-17(12)20-16-5-3-2-4-15(16)18/h2-7,10,14,19H,8-9,11H2,1H3. The Bertz CT molecular complexity index is 608. The molecule has 0 radical (unpaired) electrons. The fourth-order valence-electron chi connectivity index (χ4n) is 2.06. The summed E-state index contributed by atoms with van der Waals surface area (Å²) in [5, 5.41) is 4.15. The molecule has 1 fully saturated rings. The highest BCUT2D eigenvalue weighted by Gasteiger charge is 2.20. The monoisotopic (exact) mass is 287 g/mol. The van der Waals surface area contributed by atoms with Crippen molar-refractivity contribution in [1.29, 1.82) is 0 Å². The quantitative estimate of drug-likeness (QED) is 0.861.